The Balaban J connectivity index is 1.46. The van der Waals surface area contributed by atoms with Crippen LogP contribution in [0.4, 0.5) is 5.69 Å². The summed E-state index contributed by atoms with van der Waals surface area (Å²) in [4.78, 5) is 30.8. The van der Waals surface area contributed by atoms with E-state index in [1.54, 1.807) is 17.8 Å². The van der Waals surface area contributed by atoms with E-state index in [1.807, 2.05) is 42.5 Å². The molecule has 0 bridgehead atoms. The van der Waals surface area contributed by atoms with E-state index in [0.717, 1.165) is 41.7 Å². The molecule has 1 aliphatic rings. The molecular weight excluding hydrogens is 396 g/mol. The van der Waals surface area contributed by atoms with Crippen LogP contribution in [-0.4, -0.2) is 67.4 Å². The molecule has 1 aliphatic heterocycles. The first kappa shape index (κ1) is 22.1. The Morgan fingerprint density at radius 2 is 1.50 bits per heavy atom. The first-order valence-corrected chi connectivity index (χ1v) is 10.9. The average Bonchev–Trinajstić information content (AvgIpc) is 2.76. The quantitative estimate of drug-likeness (QED) is 0.606. The molecule has 2 amide bonds. The molecule has 2 aromatic rings. The number of rotatable bonds is 9. The Hall–Kier alpha value is -2.61. The summed E-state index contributed by atoms with van der Waals surface area (Å²) in [5.74, 6) is -0.0121. The predicted octanol–water partition coefficient (Wildman–Crippen LogP) is 2.70. The third-order valence-electron chi connectivity index (χ3n) is 4.78. The van der Waals surface area contributed by atoms with Crippen molar-refractivity contribution in [3.63, 3.8) is 0 Å². The lowest BCUT2D eigenvalue weighted by molar-refractivity contribution is -0.123. The van der Waals surface area contributed by atoms with Crippen molar-refractivity contribution >= 4 is 29.3 Å². The zero-order valence-corrected chi connectivity index (χ0v) is 17.9. The molecule has 1 heterocycles. The number of benzene rings is 2. The van der Waals surface area contributed by atoms with Crippen molar-refractivity contribution in [3.8, 4) is 0 Å². The summed E-state index contributed by atoms with van der Waals surface area (Å²) in [5.41, 5.74) is 0.828. The third-order valence-corrected chi connectivity index (χ3v) is 5.86. The van der Waals surface area contributed by atoms with Crippen molar-refractivity contribution in [2.45, 2.75) is 9.79 Å². The van der Waals surface area contributed by atoms with E-state index in [0.29, 0.717) is 19.6 Å². The summed E-state index contributed by atoms with van der Waals surface area (Å²) in [7, 11) is 0. The number of piperazine rings is 1. The van der Waals surface area contributed by atoms with Crippen LogP contribution in [0.3, 0.4) is 0 Å². The van der Waals surface area contributed by atoms with Gasteiger partial charge in [-0.05, 0) is 24.3 Å². The van der Waals surface area contributed by atoms with Crippen molar-refractivity contribution in [2.24, 2.45) is 0 Å². The molecule has 0 radical (unpaired) electrons. The monoisotopic (exact) mass is 424 g/mol. The fraction of sp³-hybridized carbons (Fsp3) is 0.304. The number of carbonyl (C=O) groups excluding carboxylic acids is 2. The molecule has 0 atom stereocenters. The largest absolute Gasteiger partial charge is 0.352 e. The maximum Gasteiger partial charge on any atom is 0.238 e. The number of carbonyl (C=O) groups is 2. The summed E-state index contributed by atoms with van der Waals surface area (Å²) >= 11 is 1.63. The minimum Gasteiger partial charge on any atom is -0.352 e. The highest BCUT2D eigenvalue weighted by Gasteiger charge is 2.20. The van der Waals surface area contributed by atoms with Gasteiger partial charge in [0, 0.05) is 42.5 Å². The first-order chi connectivity index (χ1) is 14.6. The van der Waals surface area contributed by atoms with Crippen molar-refractivity contribution < 1.29 is 9.59 Å². The number of hydrogen-bond donors (Lipinski definition) is 2. The van der Waals surface area contributed by atoms with Crippen LogP contribution in [0.25, 0.3) is 0 Å². The van der Waals surface area contributed by atoms with Crippen LogP contribution in [0.5, 0.6) is 0 Å². The molecule has 7 heteroatoms. The molecule has 0 saturated carbocycles. The number of nitrogens with one attached hydrogen (secondary N) is 2. The summed E-state index contributed by atoms with van der Waals surface area (Å²) in [5, 5.41) is 5.85. The predicted molar refractivity (Wildman–Crippen MR) is 122 cm³/mol. The lowest BCUT2D eigenvalue weighted by Crippen LogP contribution is -2.51. The minimum absolute atomic E-state index is 0.00798. The van der Waals surface area contributed by atoms with Crippen LogP contribution in [0.1, 0.15) is 0 Å². The summed E-state index contributed by atoms with van der Waals surface area (Å²) < 4.78 is 0. The van der Waals surface area contributed by atoms with Crippen LogP contribution in [-0.2, 0) is 9.59 Å². The number of amides is 2. The Morgan fingerprint density at radius 1 is 0.900 bits per heavy atom. The van der Waals surface area contributed by atoms with Crippen molar-refractivity contribution in [2.75, 3.05) is 51.1 Å². The number of anilines is 1. The zero-order chi connectivity index (χ0) is 21.2. The third kappa shape index (κ3) is 7.02. The molecule has 2 aromatic carbocycles. The van der Waals surface area contributed by atoms with Crippen molar-refractivity contribution in [1.82, 2.24) is 15.1 Å². The van der Waals surface area contributed by atoms with Crippen LogP contribution >= 0.6 is 11.8 Å². The molecule has 0 spiro atoms. The van der Waals surface area contributed by atoms with Gasteiger partial charge in [-0.1, -0.05) is 48.2 Å². The van der Waals surface area contributed by atoms with E-state index in [-0.39, 0.29) is 11.8 Å². The van der Waals surface area contributed by atoms with Crippen LogP contribution in [0.15, 0.2) is 77.0 Å². The summed E-state index contributed by atoms with van der Waals surface area (Å²) in [6.45, 7) is 7.90. The number of nitrogens with zero attached hydrogens (tertiary/aromatic N) is 2. The van der Waals surface area contributed by atoms with Gasteiger partial charge in [-0.2, -0.15) is 0 Å². The van der Waals surface area contributed by atoms with E-state index in [4.69, 9.17) is 0 Å². The van der Waals surface area contributed by atoms with Crippen LogP contribution in [0.2, 0.25) is 0 Å². The molecule has 158 valence electrons. The van der Waals surface area contributed by atoms with Gasteiger partial charge in [0.2, 0.25) is 11.8 Å². The second kappa shape index (κ2) is 11.5. The van der Waals surface area contributed by atoms with E-state index in [9.17, 15) is 9.59 Å². The standard InChI is InChI=1S/C23H28N4O2S/c1-2-12-24-22(28)17-26-13-15-27(16-14-26)18-23(29)25-20-10-6-7-11-21(20)30-19-8-4-3-5-9-19/h2-11H,1,12-18H2,(H,24,28)(H,25,29). The highest BCUT2D eigenvalue weighted by atomic mass is 32.2. The van der Waals surface area contributed by atoms with Crippen molar-refractivity contribution in [3.05, 3.63) is 67.3 Å². The molecule has 1 saturated heterocycles. The highest BCUT2D eigenvalue weighted by molar-refractivity contribution is 7.99. The molecule has 0 aromatic heterocycles. The maximum atomic E-state index is 12.6. The van der Waals surface area contributed by atoms with Gasteiger partial charge in [-0.25, -0.2) is 0 Å². The van der Waals surface area contributed by atoms with Gasteiger partial charge >= 0.3 is 0 Å². The molecule has 6 nitrogen and oxygen atoms in total. The maximum absolute atomic E-state index is 12.6. The Kier molecular flexibility index (Phi) is 8.50. The van der Waals surface area contributed by atoms with Gasteiger partial charge in [-0.15, -0.1) is 6.58 Å². The minimum atomic E-state index is -0.0201. The first-order valence-electron chi connectivity index (χ1n) is 10.1. The fourth-order valence-electron chi connectivity index (χ4n) is 3.22. The van der Waals surface area contributed by atoms with Gasteiger partial charge in [-0.3, -0.25) is 19.4 Å². The lowest BCUT2D eigenvalue weighted by Gasteiger charge is -2.33. The molecule has 1 fully saturated rings. The molecule has 3 rings (SSSR count). The topological polar surface area (TPSA) is 64.7 Å². The Bertz CT molecular complexity index is 851. The molecule has 30 heavy (non-hydrogen) atoms. The Morgan fingerprint density at radius 3 is 2.17 bits per heavy atom. The van der Waals surface area contributed by atoms with Crippen LogP contribution < -0.4 is 10.6 Å². The van der Waals surface area contributed by atoms with Gasteiger partial charge in [0.15, 0.2) is 0 Å². The van der Waals surface area contributed by atoms with E-state index in [2.05, 4.69) is 39.1 Å². The molecular formula is C23H28N4O2S. The molecule has 2 N–H and O–H groups in total. The second-order valence-electron chi connectivity index (χ2n) is 7.10. The second-order valence-corrected chi connectivity index (χ2v) is 8.22. The van der Waals surface area contributed by atoms with Gasteiger partial charge < -0.3 is 10.6 Å². The van der Waals surface area contributed by atoms with E-state index < -0.39 is 0 Å². The normalized spacial score (nSPS) is 14.8. The molecule has 0 unspecified atom stereocenters. The van der Waals surface area contributed by atoms with Crippen molar-refractivity contribution in [1.29, 1.82) is 0 Å². The number of hydrogen-bond acceptors (Lipinski definition) is 5. The SMILES string of the molecule is C=CCNC(=O)CN1CCN(CC(=O)Nc2ccccc2Sc2ccccc2)CC1. The van der Waals surface area contributed by atoms with Gasteiger partial charge in [0.05, 0.1) is 18.8 Å². The lowest BCUT2D eigenvalue weighted by atomic mass is 10.3. The number of para-hydroxylation sites is 1. The summed E-state index contributed by atoms with van der Waals surface area (Å²) in [6.07, 6.45) is 1.67. The zero-order valence-electron chi connectivity index (χ0n) is 17.0. The average molecular weight is 425 g/mol. The fourth-order valence-corrected chi connectivity index (χ4v) is 4.14. The Labute approximate surface area is 182 Å². The molecule has 0 aliphatic carbocycles. The van der Waals surface area contributed by atoms with Gasteiger partial charge in [0.1, 0.15) is 0 Å². The van der Waals surface area contributed by atoms with Gasteiger partial charge in [0.25, 0.3) is 0 Å². The van der Waals surface area contributed by atoms with Crippen LogP contribution in [0, 0.1) is 0 Å². The summed E-state index contributed by atoms with van der Waals surface area (Å²) in [6, 6.07) is 18.0. The highest BCUT2D eigenvalue weighted by Crippen LogP contribution is 2.33. The smallest absolute Gasteiger partial charge is 0.238 e. The van der Waals surface area contributed by atoms with E-state index >= 15 is 0 Å². The van der Waals surface area contributed by atoms with E-state index in [1.165, 1.54) is 0 Å².